The fourth-order valence-electron chi connectivity index (χ4n) is 1.77. The van der Waals surface area contributed by atoms with E-state index in [0.29, 0.717) is 12.5 Å². The van der Waals surface area contributed by atoms with Crippen molar-refractivity contribution < 1.29 is 14.3 Å². The third-order valence-electron chi connectivity index (χ3n) is 2.65. The topological polar surface area (TPSA) is 58.6 Å². The number of hydrogen-bond donors (Lipinski definition) is 1. The quantitative estimate of drug-likeness (QED) is 0.636. The zero-order valence-electron chi connectivity index (χ0n) is 9.45. The van der Waals surface area contributed by atoms with Crippen LogP contribution in [0.5, 0.6) is 0 Å². The van der Waals surface area contributed by atoms with Crippen LogP contribution in [0.25, 0.3) is 0 Å². The Morgan fingerprint density at radius 2 is 2.33 bits per heavy atom. The molecule has 15 heavy (non-hydrogen) atoms. The van der Waals surface area contributed by atoms with Crippen molar-refractivity contribution in [3.05, 3.63) is 0 Å². The van der Waals surface area contributed by atoms with E-state index in [-0.39, 0.29) is 18.3 Å². The minimum absolute atomic E-state index is 0.0905. The Balaban J connectivity index is 2.66. The maximum Gasteiger partial charge on any atom is 0.307 e. The largest absolute Gasteiger partial charge is 0.469 e. The number of esters is 1. The first kappa shape index (κ1) is 12.0. The van der Waals surface area contributed by atoms with E-state index in [1.54, 1.807) is 0 Å². The minimum Gasteiger partial charge on any atom is -0.469 e. The molecule has 0 aromatic rings. The van der Waals surface area contributed by atoms with Gasteiger partial charge < -0.3 is 10.1 Å². The van der Waals surface area contributed by atoms with Gasteiger partial charge in [0.15, 0.2) is 0 Å². The summed E-state index contributed by atoms with van der Waals surface area (Å²) in [6.45, 7) is 3.54. The van der Waals surface area contributed by atoms with E-state index in [0.717, 1.165) is 6.54 Å². The normalized spacial score (nSPS) is 28.1. The molecule has 1 N–H and O–H groups in total. The van der Waals surface area contributed by atoms with Crippen LogP contribution in [0.1, 0.15) is 13.3 Å². The molecular weight excluding hydrogens is 196 g/mol. The zero-order valence-corrected chi connectivity index (χ0v) is 9.45. The average Bonchev–Trinajstić information content (AvgIpc) is 2.31. The van der Waals surface area contributed by atoms with Gasteiger partial charge in [-0.3, -0.25) is 14.5 Å². The minimum atomic E-state index is -0.401. The molecule has 0 aromatic carbocycles. The molecule has 0 bridgehead atoms. The fourth-order valence-corrected chi connectivity index (χ4v) is 1.77. The van der Waals surface area contributed by atoms with Gasteiger partial charge in [-0.15, -0.1) is 0 Å². The summed E-state index contributed by atoms with van der Waals surface area (Å²) in [5, 5.41) is 2.82. The van der Waals surface area contributed by atoms with E-state index in [9.17, 15) is 9.59 Å². The second-order valence-corrected chi connectivity index (χ2v) is 4.09. The molecule has 1 aliphatic rings. The maximum absolute atomic E-state index is 11.7. The Morgan fingerprint density at radius 1 is 1.67 bits per heavy atom. The van der Waals surface area contributed by atoms with Crippen LogP contribution >= 0.6 is 0 Å². The Kier molecular flexibility index (Phi) is 4.08. The van der Waals surface area contributed by atoms with E-state index in [2.05, 4.69) is 17.0 Å². The highest BCUT2D eigenvalue weighted by Crippen LogP contribution is 2.10. The van der Waals surface area contributed by atoms with Gasteiger partial charge in [0.2, 0.25) is 5.91 Å². The highest BCUT2D eigenvalue weighted by molar-refractivity contribution is 5.86. The summed E-state index contributed by atoms with van der Waals surface area (Å²) in [6.07, 6.45) is 0.117. The van der Waals surface area contributed by atoms with Crippen LogP contribution in [0.4, 0.5) is 0 Å². The van der Waals surface area contributed by atoms with Crippen molar-refractivity contribution >= 4 is 11.9 Å². The molecule has 1 heterocycles. The molecule has 1 aliphatic heterocycles. The SMILES string of the molecule is COC(=O)CC1C(=O)NCC(C)CN1C. The molecule has 1 amide bonds. The average molecular weight is 214 g/mol. The highest BCUT2D eigenvalue weighted by atomic mass is 16.5. The van der Waals surface area contributed by atoms with Gasteiger partial charge in [-0.25, -0.2) is 0 Å². The maximum atomic E-state index is 11.7. The molecule has 1 saturated heterocycles. The van der Waals surface area contributed by atoms with Gasteiger partial charge in [0.25, 0.3) is 0 Å². The summed E-state index contributed by atoms with van der Waals surface area (Å²) < 4.78 is 4.57. The number of carbonyl (C=O) groups is 2. The van der Waals surface area contributed by atoms with Gasteiger partial charge in [-0.1, -0.05) is 6.92 Å². The van der Waals surface area contributed by atoms with Crippen LogP contribution in [0.2, 0.25) is 0 Å². The Morgan fingerprint density at radius 3 is 2.93 bits per heavy atom. The number of rotatable bonds is 2. The number of carbonyl (C=O) groups excluding carboxylic acids is 2. The smallest absolute Gasteiger partial charge is 0.307 e. The lowest BCUT2D eigenvalue weighted by Gasteiger charge is -2.23. The second-order valence-electron chi connectivity index (χ2n) is 4.09. The predicted molar refractivity (Wildman–Crippen MR) is 55.2 cm³/mol. The number of methoxy groups -OCH3 is 1. The molecule has 2 unspecified atom stereocenters. The first-order chi connectivity index (χ1) is 7.04. The van der Waals surface area contributed by atoms with Gasteiger partial charge in [0.1, 0.15) is 0 Å². The summed E-state index contributed by atoms with van der Waals surface area (Å²) in [5.41, 5.74) is 0. The van der Waals surface area contributed by atoms with Crippen molar-refractivity contribution in [2.75, 3.05) is 27.2 Å². The molecular formula is C10H18N2O3. The number of nitrogens with zero attached hydrogens (tertiary/aromatic N) is 1. The van der Waals surface area contributed by atoms with Crippen LogP contribution in [-0.4, -0.2) is 50.1 Å². The third kappa shape index (κ3) is 3.20. The molecule has 0 aromatic heterocycles. The van der Waals surface area contributed by atoms with E-state index >= 15 is 0 Å². The van der Waals surface area contributed by atoms with Crippen molar-refractivity contribution in [3.63, 3.8) is 0 Å². The molecule has 86 valence electrons. The van der Waals surface area contributed by atoms with Crippen LogP contribution in [0.3, 0.4) is 0 Å². The van der Waals surface area contributed by atoms with E-state index in [4.69, 9.17) is 0 Å². The summed E-state index contributed by atoms with van der Waals surface area (Å²) in [4.78, 5) is 24.7. The van der Waals surface area contributed by atoms with Gasteiger partial charge in [-0.2, -0.15) is 0 Å². The van der Waals surface area contributed by atoms with Gasteiger partial charge >= 0.3 is 5.97 Å². The Bertz CT molecular complexity index is 255. The van der Waals surface area contributed by atoms with Gasteiger partial charge in [0.05, 0.1) is 19.6 Å². The van der Waals surface area contributed by atoms with Crippen LogP contribution in [-0.2, 0) is 14.3 Å². The Hall–Kier alpha value is -1.10. The molecule has 5 heteroatoms. The van der Waals surface area contributed by atoms with Crippen LogP contribution in [0, 0.1) is 5.92 Å². The van der Waals surface area contributed by atoms with Crippen molar-refractivity contribution in [3.8, 4) is 0 Å². The molecule has 0 saturated carbocycles. The van der Waals surface area contributed by atoms with Gasteiger partial charge in [0, 0.05) is 13.1 Å². The summed E-state index contributed by atoms with van der Waals surface area (Å²) >= 11 is 0. The number of ether oxygens (including phenoxy) is 1. The monoisotopic (exact) mass is 214 g/mol. The van der Waals surface area contributed by atoms with Crippen LogP contribution in [0.15, 0.2) is 0 Å². The standard InChI is InChI=1S/C10H18N2O3/c1-7-5-11-10(14)8(12(2)6-7)4-9(13)15-3/h7-8H,4-6H2,1-3H3,(H,11,14). The van der Waals surface area contributed by atoms with Crippen molar-refractivity contribution in [2.45, 2.75) is 19.4 Å². The van der Waals surface area contributed by atoms with Crippen molar-refractivity contribution in [1.82, 2.24) is 10.2 Å². The van der Waals surface area contributed by atoms with Crippen molar-refractivity contribution in [2.24, 2.45) is 5.92 Å². The zero-order chi connectivity index (χ0) is 11.4. The summed E-state index contributed by atoms with van der Waals surface area (Å²) in [6, 6.07) is -0.401. The first-order valence-corrected chi connectivity index (χ1v) is 5.09. The second kappa shape index (κ2) is 5.11. The lowest BCUT2D eigenvalue weighted by Crippen LogP contribution is -2.43. The van der Waals surface area contributed by atoms with E-state index in [1.807, 2.05) is 11.9 Å². The van der Waals surface area contributed by atoms with Crippen molar-refractivity contribution in [1.29, 1.82) is 0 Å². The lowest BCUT2D eigenvalue weighted by molar-refractivity contribution is -0.144. The first-order valence-electron chi connectivity index (χ1n) is 5.09. The molecule has 0 spiro atoms. The summed E-state index contributed by atoms with van der Waals surface area (Å²) in [7, 11) is 3.19. The van der Waals surface area contributed by atoms with E-state index < -0.39 is 6.04 Å². The molecule has 0 aliphatic carbocycles. The lowest BCUT2D eigenvalue weighted by atomic mass is 10.1. The highest BCUT2D eigenvalue weighted by Gasteiger charge is 2.29. The molecule has 5 nitrogen and oxygen atoms in total. The Labute approximate surface area is 89.8 Å². The molecule has 1 rings (SSSR count). The molecule has 1 fully saturated rings. The number of nitrogens with one attached hydrogen (secondary N) is 1. The predicted octanol–water partition coefficient (Wildman–Crippen LogP) is -0.384. The summed E-state index contributed by atoms with van der Waals surface area (Å²) in [5.74, 6) is -0.0367. The molecule has 2 atom stereocenters. The van der Waals surface area contributed by atoms with Gasteiger partial charge in [-0.05, 0) is 13.0 Å². The number of likely N-dealkylation sites (N-methyl/N-ethyl adjacent to an activating group) is 1. The molecule has 0 radical (unpaired) electrons. The fraction of sp³-hybridized carbons (Fsp3) is 0.800. The number of amides is 1. The van der Waals surface area contributed by atoms with Crippen LogP contribution < -0.4 is 5.32 Å². The third-order valence-corrected chi connectivity index (χ3v) is 2.65. The number of hydrogen-bond acceptors (Lipinski definition) is 4. The van der Waals surface area contributed by atoms with E-state index in [1.165, 1.54) is 7.11 Å².